The lowest BCUT2D eigenvalue weighted by molar-refractivity contribution is -0.142. The second-order valence-electron chi connectivity index (χ2n) is 7.19. The zero-order chi connectivity index (χ0) is 22.5. The van der Waals surface area contributed by atoms with E-state index < -0.39 is 24.5 Å². The summed E-state index contributed by atoms with van der Waals surface area (Å²) >= 11 is 0. The van der Waals surface area contributed by atoms with Crippen LogP contribution >= 0.6 is 0 Å². The highest BCUT2D eigenvalue weighted by atomic mass is 16.4. The molecule has 0 aliphatic rings. The van der Waals surface area contributed by atoms with Gasteiger partial charge in [-0.1, -0.05) is 54.6 Å². The molecule has 4 aromatic rings. The monoisotopic (exact) mass is 427 g/mol. The van der Waals surface area contributed by atoms with E-state index in [9.17, 15) is 9.59 Å². The molecule has 7 nitrogen and oxygen atoms in total. The predicted molar refractivity (Wildman–Crippen MR) is 122 cm³/mol. The van der Waals surface area contributed by atoms with Crippen molar-refractivity contribution in [2.75, 3.05) is 6.61 Å². The minimum atomic E-state index is -1.36. The molecule has 0 saturated carbocycles. The van der Waals surface area contributed by atoms with Crippen LogP contribution in [0.3, 0.4) is 0 Å². The van der Waals surface area contributed by atoms with Gasteiger partial charge in [0.2, 0.25) is 5.91 Å². The fourth-order valence-corrected chi connectivity index (χ4v) is 3.35. The highest BCUT2D eigenvalue weighted by Crippen LogP contribution is 2.28. The quantitative estimate of drug-likeness (QED) is 0.393. The van der Waals surface area contributed by atoms with Gasteiger partial charge in [-0.15, -0.1) is 0 Å². The van der Waals surface area contributed by atoms with Gasteiger partial charge >= 0.3 is 5.97 Å². The Morgan fingerprint density at radius 3 is 2.44 bits per heavy atom. The maximum atomic E-state index is 12.2. The SMILES string of the molecule is O=C(/C=C/c1cn(-c2ccccc2)nc1-c1ccc2ccccc2c1)NC(CO)C(=O)O. The second-order valence-corrected chi connectivity index (χ2v) is 7.19. The Bertz CT molecular complexity index is 1300. The first-order valence-electron chi connectivity index (χ1n) is 10.0. The number of rotatable bonds is 7. The van der Waals surface area contributed by atoms with E-state index in [1.165, 1.54) is 6.08 Å². The van der Waals surface area contributed by atoms with Gasteiger partial charge in [-0.25, -0.2) is 9.48 Å². The molecule has 3 N–H and O–H groups in total. The maximum absolute atomic E-state index is 12.2. The summed E-state index contributed by atoms with van der Waals surface area (Å²) < 4.78 is 1.73. The molecule has 0 saturated heterocycles. The van der Waals surface area contributed by atoms with Gasteiger partial charge in [0.05, 0.1) is 18.0 Å². The van der Waals surface area contributed by atoms with Gasteiger partial charge in [0.25, 0.3) is 0 Å². The van der Waals surface area contributed by atoms with Crippen molar-refractivity contribution in [1.29, 1.82) is 0 Å². The number of carbonyl (C=O) groups is 2. The average Bonchev–Trinajstić information content (AvgIpc) is 3.25. The van der Waals surface area contributed by atoms with Crippen LogP contribution in [0.4, 0.5) is 0 Å². The Labute approximate surface area is 184 Å². The molecular weight excluding hydrogens is 406 g/mol. The summed E-state index contributed by atoms with van der Waals surface area (Å²) in [6.45, 7) is -0.691. The molecule has 0 aliphatic carbocycles. The number of aliphatic hydroxyl groups is 1. The maximum Gasteiger partial charge on any atom is 0.328 e. The van der Waals surface area contributed by atoms with E-state index in [1.54, 1.807) is 10.8 Å². The third kappa shape index (κ3) is 4.58. The molecule has 0 fully saturated rings. The van der Waals surface area contributed by atoms with Crippen LogP contribution in [0, 0.1) is 0 Å². The highest BCUT2D eigenvalue weighted by Gasteiger charge is 2.17. The minimum absolute atomic E-state index is 0.622. The van der Waals surface area contributed by atoms with Gasteiger partial charge in [0.15, 0.2) is 6.04 Å². The number of aliphatic hydroxyl groups excluding tert-OH is 1. The van der Waals surface area contributed by atoms with E-state index >= 15 is 0 Å². The summed E-state index contributed by atoms with van der Waals surface area (Å²) in [4.78, 5) is 23.2. The van der Waals surface area contributed by atoms with E-state index in [0.29, 0.717) is 11.3 Å². The van der Waals surface area contributed by atoms with Crippen LogP contribution in [-0.4, -0.2) is 44.5 Å². The van der Waals surface area contributed by atoms with Crippen molar-refractivity contribution in [1.82, 2.24) is 15.1 Å². The van der Waals surface area contributed by atoms with E-state index in [1.807, 2.05) is 79.0 Å². The van der Waals surface area contributed by atoms with Crippen molar-refractivity contribution in [3.63, 3.8) is 0 Å². The first-order chi connectivity index (χ1) is 15.5. The number of benzene rings is 3. The molecule has 0 bridgehead atoms. The smallest absolute Gasteiger partial charge is 0.328 e. The van der Waals surface area contributed by atoms with Crippen LogP contribution in [0.25, 0.3) is 33.8 Å². The number of hydrogen-bond acceptors (Lipinski definition) is 4. The van der Waals surface area contributed by atoms with Gasteiger partial charge < -0.3 is 15.5 Å². The number of amides is 1. The Morgan fingerprint density at radius 1 is 1.00 bits per heavy atom. The number of fused-ring (bicyclic) bond motifs is 1. The van der Waals surface area contributed by atoms with Crippen LogP contribution in [-0.2, 0) is 9.59 Å². The average molecular weight is 427 g/mol. The van der Waals surface area contributed by atoms with E-state index in [4.69, 9.17) is 15.3 Å². The summed E-state index contributed by atoms with van der Waals surface area (Å²) in [6, 6.07) is 22.3. The number of aromatic nitrogens is 2. The second kappa shape index (κ2) is 9.28. The number of nitrogens with zero attached hydrogens (tertiary/aromatic N) is 2. The van der Waals surface area contributed by atoms with E-state index in [0.717, 1.165) is 22.0 Å². The topological polar surface area (TPSA) is 104 Å². The molecule has 1 heterocycles. The number of carboxylic acid groups (broad SMARTS) is 1. The molecule has 1 unspecified atom stereocenters. The van der Waals surface area contributed by atoms with Gasteiger partial charge in [0, 0.05) is 23.4 Å². The van der Waals surface area contributed by atoms with Crippen molar-refractivity contribution >= 4 is 28.7 Å². The third-order valence-corrected chi connectivity index (χ3v) is 5.00. The first kappa shape index (κ1) is 21.0. The summed E-state index contributed by atoms with van der Waals surface area (Å²) in [6.07, 6.45) is 4.63. The molecule has 32 heavy (non-hydrogen) atoms. The van der Waals surface area contributed by atoms with Crippen molar-refractivity contribution in [2.24, 2.45) is 0 Å². The van der Waals surface area contributed by atoms with Crippen molar-refractivity contribution in [3.05, 3.63) is 90.6 Å². The van der Waals surface area contributed by atoms with Gasteiger partial charge in [0.1, 0.15) is 0 Å². The fraction of sp³-hybridized carbons (Fsp3) is 0.0800. The molecule has 1 aromatic heterocycles. The van der Waals surface area contributed by atoms with E-state index in [2.05, 4.69) is 5.32 Å². The third-order valence-electron chi connectivity index (χ3n) is 5.00. The fourth-order valence-electron chi connectivity index (χ4n) is 3.35. The van der Waals surface area contributed by atoms with Crippen LogP contribution in [0.15, 0.2) is 85.1 Å². The first-order valence-corrected chi connectivity index (χ1v) is 10.0. The molecular formula is C25H21N3O4. The lowest BCUT2D eigenvalue weighted by atomic mass is 10.0. The Kier molecular flexibility index (Phi) is 6.10. The number of para-hydroxylation sites is 1. The van der Waals surface area contributed by atoms with Crippen LogP contribution in [0.2, 0.25) is 0 Å². The number of carbonyl (C=O) groups excluding carboxylic acids is 1. The van der Waals surface area contributed by atoms with Gasteiger partial charge in [-0.3, -0.25) is 4.79 Å². The minimum Gasteiger partial charge on any atom is -0.480 e. The molecule has 1 amide bonds. The normalized spacial score (nSPS) is 12.2. The number of hydrogen-bond donors (Lipinski definition) is 3. The summed E-state index contributed by atoms with van der Waals surface area (Å²) in [5, 5.41) is 27.3. The summed E-state index contributed by atoms with van der Waals surface area (Å²) in [7, 11) is 0. The molecule has 0 radical (unpaired) electrons. The Balaban J connectivity index is 1.72. The predicted octanol–water partition coefficient (Wildman–Crippen LogP) is 3.27. The lowest BCUT2D eigenvalue weighted by Crippen LogP contribution is -2.42. The molecule has 0 spiro atoms. The highest BCUT2D eigenvalue weighted by molar-refractivity contribution is 5.95. The van der Waals surface area contributed by atoms with Crippen LogP contribution in [0.5, 0.6) is 0 Å². The summed E-state index contributed by atoms with van der Waals surface area (Å²) in [5.74, 6) is -1.92. The number of nitrogens with one attached hydrogen (secondary N) is 1. The van der Waals surface area contributed by atoms with Gasteiger partial charge in [-0.05, 0) is 35.0 Å². The van der Waals surface area contributed by atoms with Crippen LogP contribution < -0.4 is 5.32 Å². The largest absolute Gasteiger partial charge is 0.480 e. The molecule has 3 aromatic carbocycles. The molecule has 160 valence electrons. The van der Waals surface area contributed by atoms with Crippen molar-refractivity contribution < 1.29 is 19.8 Å². The molecule has 7 heteroatoms. The van der Waals surface area contributed by atoms with E-state index in [-0.39, 0.29) is 0 Å². The molecule has 1 atom stereocenters. The number of aliphatic carboxylic acids is 1. The van der Waals surface area contributed by atoms with Crippen LogP contribution in [0.1, 0.15) is 5.56 Å². The number of carboxylic acids is 1. The molecule has 4 rings (SSSR count). The lowest BCUT2D eigenvalue weighted by Gasteiger charge is -2.09. The van der Waals surface area contributed by atoms with Gasteiger partial charge in [-0.2, -0.15) is 5.10 Å². The molecule has 0 aliphatic heterocycles. The zero-order valence-electron chi connectivity index (χ0n) is 17.1. The summed E-state index contributed by atoms with van der Waals surface area (Å²) in [5.41, 5.74) is 3.12. The van der Waals surface area contributed by atoms with Crippen molar-refractivity contribution in [2.45, 2.75) is 6.04 Å². The van der Waals surface area contributed by atoms with Crippen molar-refractivity contribution in [3.8, 4) is 16.9 Å². The Morgan fingerprint density at radius 2 is 1.72 bits per heavy atom. The standard InChI is InChI=1S/C25H21N3O4/c29-16-22(25(31)32)26-23(30)13-12-20-15-28(21-8-2-1-3-9-21)27-24(20)19-11-10-17-6-4-5-7-18(17)14-19/h1-15,22,29H,16H2,(H,26,30)(H,31,32)/b13-12+. The Hall–Kier alpha value is -4.23. The zero-order valence-corrected chi connectivity index (χ0v) is 17.1.